The van der Waals surface area contributed by atoms with E-state index in [4.69, 9.17) is 10.5 Å². The fourth-order valence-corrected chi connectivity index (χ4v) is 3.24. The molecule has 2 aromatic rings. The second kappa shape index (κ2) is 5.38. The number of anilines is 2. The Kier molecular flexibility index (Phi) is 3.57. The fourth-order valence-electron chi connectivity index (χ4n) is 3.24. The number of nitriles is 1. The van der Waals surface area contributed by atoms with Crippen LogP contribution in [0.25, 0.3) is 5.69 Å². The number of nitrogen functional groups attached to an aromatic ring is 1. The number of fused-ring (bicyclic) bond motifs is 1. The summed E-state index contributed by atoms with van der Waals surface area (Å²) in [6.45, 7) is 3.75. The predicted octanol–water partition coefficient (Wildman–Crippen LogP) is 1.97. The van der Waals surface area contributed by atoms with E-state index >= 15 is 0 Å². The van der Waals surface area contributed by atoms with E-state index in [0.29, 0.717) is 5.69 Å². The normalized spacial score (nSPS) is 15.0. The van der Waals surface area contributed by atoms with Crippen molar-refractivity contribution in [3.8, 4) is 11.8 Å². The van der Waals surface area contributed by atoms with Crippen LogP contribution in [0.2, 0.25) is 0 Å². The van der Waals surface area contributed by atoms with Crippen LogP contribution < -0.4 is 10.6 Å². The first-order chi connectivity index (χ1) is 11.7. The maximum Gasteiger partial charge on any atom is 0.357 e. The Balaban J connectivity index is 2.23. The lowest BCUT2D eigenvalue weighted by molar-refractivity contribution is -0.121. The maximum atomic E-state index is 12.4. The lowest BCUT2D eigenvalue weighted by Gasteiger charge is -2.16. The zero-order valence-electron chi connectivity index (χ0n) is 14.5. The second-order valence-corrected chi connectivity index (χ2v) is 6.47. The van der Waals surface area contributed by atoms with Crippen LogP contribution >= 0.6 is 0 Å². The van der Waals surface area contributed by atoms with E-state index in [1.165, 1.54) is 17.9 Å². The molecule has 0 fully saturated rings. The van der Waals surface area contributed by atoms with Crippen molar-refractivity contribution in [3.63, 3.8) is 0 Å². The summed E-state index contributed by atoms with van der Waals surface area (Å²) >= 11 is 0. The molecule has 25 heavy (non-hydrogen) atoms. The molecule has 128 valence electrons. The summed E-state index contributed by atoms with van der Waals surface area (Å²) in [5.41, 5.74) is 7.94. The van der Waals surface area contributed by atoms with E-state index in [9.17, 15) is 14.9 Å². The Morgan fingerprint density at radius 1 is 1.36 bits per heavy atom. The van der Waals surface area contributed by atoms with Crippen LogP contribution in [0.3, 0.4) is 0 Å². The molecule has 0 aliphatic carbocycles. The van der Waals surface area contributed by atoms with Gasteiger partial charge in [-0.2, -0.15) is 5.26 Å². The molecule has 0 bridgehead atoms. The number of methoxy groups -OCH3 is 1. The quantitative estimate of drug-likeness (QED) is 0.844. The van der Waals surface area contributed by atoms with Crippen molar-refractivity contribution in [2.75, 3.05) is 24.8 Å². The summed E-state index contributed by atoms with van der Waals surface area (Å²) in [5, 5.41) is 9.21. The van der Waals surface area contributed by atoms with Gasteiger partial charge in [0.15, 0.2) is 5.69 Å². The summed E-state index contributed by atoms with van der Waals surface area (Å²) < 4.78 is 6.30. The molecule has 2 heterocycles. The van der Waals surface area contributed by atoms with Crippen molar-refractivity contribution in [1.82, 2.24) is 4.57 Å². The van der Waals surface area contributed by atoms with Crippen LogP contribution in [0.15, 0.2) is 24.4 Å². The van der Waals surface area contributed by atoms with Gasteiger partial charge in [-0.3, -0.25) is 4.79 Å². The molecule has 7 nitrogen and oxygen atoms in total. The van der Waals surface area contributed by atoms with Crippen molar-refractivity contribution in [1.29, 1.82) is 5.26 Å². The van der Waals surface area contributed by atoms with Gasteiger partial charge in [-0.1, -0.05) is 6.07 Å². The van der Waals surface area contributed by atoms with Gasteiger partial charge in [0, 0.05) is 24.6 Å². The summed E-state index contributed by atoms with van der Waals surface area (Å²) in [5.74, 6) is -0.637. The standard InChI is InChI=1S/C18H18N4O3/c1-18(2)12-6-5-11(7-13(12)21(3)17(18)24)22-9-10(8-19)14(20)15(22)16(23)25-4/h5-7,9H,20H2,1-4H3. The van der Waals surface area contributed by atoms with Gasteiger partial charge in [0.05, 0.1) is 23.8 Å². The highest BCUT2D eigenvalue weighted by Gasteiger charge is 2.42. The number of esters is 1. The first-order valence-electron chi connectivity index (χ1n) is 7.66. The Hall–Kier alpha value is -3.27. The minimum Gasteiger partial charge on any atom is -0.464 e. The van der Waals surface area contributed by atoms with Crippen LogP contribution in [-0.4, -0.2) is 30.6 Å². The maximum absolute atomic E-state index is 12.4. The van der Waals surface area contributed by atoms with E-state index in [1.807, 2.05) is 26.0 Å². The highest BCUT2D eigenvalue weighted by atomic mass is 16.5. The Labute approximate surface area is 145 Å². The smallest absolute Gasteiger partial charge is 0.357 e. The minimum absolute atomic E-state index is 0.00225. The highest BCUT2D eigenvalue weighted by Crippen LogP contribution is 2.42. The van der Waals surface area contributed by atoms with E-state index in [0.717, 1.165) is 11.3 Å². The molecule has 1 aliphatic rings. The van der Waals surface area contributed by atoms with Crippen LogP contribution in [0.4, 0.5) is 11.4 Å². The van der Waals surface area contributed by atoms with Crippen molar-refractivity contribution >= 4 is 23.3 Å². The molecule has 7 heteroatoms. The van der Waals surface area contributed by atoms with Crippen molar-refractivity contribution < 1.29 is 14.3 Å². The molecular weight excluding hydrogens is 320 g/mol. The molecule has 3 rings (SSSR count). The number of nitrogens with zero attached hydrogens (tertiary/aromatic N) is 3. The van der Waals surface area contributed by atoms with E-state index in [-0.39, 0.29) is 22.9 Å². The Morgan fingerprint density at radius 3 is 2.64 bits per heavy atom. The summed E-state index contributed by atoms with van der Waals surface area (Å²) in [7, 11) is 2.97. The monoisotopic (exact) mass is 338 g/mol. The van der Waals surface area contributed by atoms with Crippen molar-refractivity contribution in [2.45, 2.75) is 19.3 Å². The fraction of sp³-hybridized carbons (Fsp3) is 0.278. The van der Waals surface area contributed by atoms with Gasteiger partial charge >= 0.3 is 5.97 Å². The van der Waals surface area contributed by atoms with Gasteiger partial charge in [-0.15, -0.1) is 0 Å². The Bertz CT molecular complexity index is 950. The molecule has 0 saturated carbocycles. The van der Waals surface area contributed by atoms with Crippen molar-refractivity contribution in [3.05, 3.63) is 41.2 Å². The first-order valence-corrected chi connectivity index (χ1v) is 7.66. The molecule has 0 radical (unpaired) electrons. The largest absolute Gasteiger partial charge is 0.464 e. The van der Waals surface area contributed by atoms with E-state index < -0.39 is 11.4 Å². The highest BCUT2D eigenvalue weighted by molar-refractivity contribution is 6.07. The number of aromatic nitrogens is 1. The third-order valence-electron chi connectivity index (χ3n) is 4.68. The SMILES string of the molecule is COC(=O)c1c(N)c(C#N)cn1-c1ccc2c(c1)N(C)C(=O)C2(C)C. The van der Waals surface area contributed by atoms with Crippen LogP contribution in [0, 0.1) is 11.3 Å². The number of likely N-dealkylation sites (N-methyl/N-ethyl adjacent to an activating group) is 1. The average Bonchev–Trinajstić information content (AvgIpc) is 3.02. The van der Waals surface area contributed by atoms with Gasteiger partial charge in [0.1, 0.15) is 6.07 Å². The Morgan fingerprint density at radius 2 is 2.04 bits per heavy atom. The molecule has 1 aliphatic heterocycles. The second-order valence-electron chi connectivity index (χ2n) is 6.47. The number of hydrogen-bond donors (Lipinski definition) is 1. The van der Waals surface area contributed by atoms with Gasteiger partial charge in [0.25, 0.3) is 0 Å². The molecule has 0 atom stereocenters. The average molecular weight is 338 g/mol. The van der Waals surface area contributed by atoms with Gasteiger partial charge < -0.3 is 19.9 Å². The van der Waals surface area contributed by atoms with Crippen LogP contribution in [0.1, 0.15) is 35.5 Å². The molecule has 1 aromatic carbocycles. The zero-order chi connectivity index (χ0) is 18.5. The minimum atomic E-state index is -0.635. The number of amides is 1. The number of rotatable bonds is 2. The van der Waals surface area contributed by atoms with Crippen LogP contribution in [-0.2, 0) is 14.9 Å². The van der Waals surface area contributed by atoms with E-state index in [1.54, 1.807) is 24.1 Å². The van der Waals surface area contributed by atoms with Crippen molar-refractivity contribution in [2.24, 2.45) is 0 Å². The number of nitrogens with two attached hydrogens (primary N) is 1. The molecule has 1 amide bonds. The predicted molar refractivity (Wildman–Crippen MR) is 92.7 cm³/mol. The molecule has 2 N–H and O–H groups in total. The lowest BCUT2D eigenvalue weighted by atomic mass is 9.86. The number of ether oxygens (including phenoxy) is 1. The van der Waals surface area contributed by atoms with Crippen LogP contribution in [0.5, 0.6) is 0 Å². The number of hydrogen-bond acceptors (Lipinski definition) is 5. The molecule has 0 unspecified atom stereocenters. The number of benzene rings is 1. The van der Waals surface area contributed by atoms with Gasteiger partial charge in [0.2, 0.25) is 5.91 Å². The van der Waals surface area contributed by atoms with Gasteiger partial charge in [-0.25, -0.2) is 4.79 Å². The summed E-state index contributed by atoms with van der Waals surface area (Å²) in [4.78, 5) is 26.1. The third-order valence-corrected chi connectivity index (χ3v) is 4.68. The number of carbonyl (C=O) groups excluding carboxylic acids is 2. The molecule has 0 spiro atoms. The summed E-state index contributed by atoms with van der Waals surface area (Å²) in [6, 6.07) is 7.42. The van der Waals surface area contributed by atoms with E-state index in [2.05, 4.69) is 0 Å². The van der Waals surface area contributed by atoms with Gasteiger partial charge in [-0.05, 0) is 31.5 Å². The zero-order valence-corrected chi connectivity index (χ0v) is 14.5. The number of carbonyl (C=O) groups is 2. The first kappa shape index (κ1) is 16.6. The molecular formula is C18H18N4O3. The topological polar surface area (TPSA) is 101 Å². The summed E-state index contributed by atoms with van der Waals surface area (Å²) in [6.07, 6.45) is 1.49. The third kappa shape index (κ3) is 2.18. The molecule has 1 aromatic heterocycles. The molecule has 0 saturated heterocycles. The lowest BCUT2D eigenvalue weighted by Crippen LogP contribution is -2.33.